The van der Waals surface area contributed by atoms with Crippen molar-refractivity contribution in [2.45, 2.75) is 26.3 Å². The molecule has 0 spiro atoms. The van der Waals surface area contributed by atoms with Crippen LogP contribution in [-0.2, 0) is 0 Å². The lowest BCUT2D eigenvalue weighted by molar-refractivity contribution is 0.0939. The van der Waals surface area contributed by atoms with Crippen LogP contribution in [0.3, 0.4) is 0 Å². The van der Waals surface area contributed by atoms with Crippen molar-refractivity contribution in [2.24, 2.45) is 0 Å². The van der Waals surface area contributed by atoms with E-state index in [2.05, 4.69) is 15.6 Å². The normalized spacial score (nSPS) is 16.7. The quantitative estimate of drug-likeness (QED) is 0.881. The van der Waals surface area contributed by atoms with Gasteiger partial charge in [0, 0.05) is 35.6 Å². The fourth-order valence-electron chi connectivity index (χ4n) is 2.65. The van der Waals surface area contributed by atoms with Gasteiger partial charge in [-0.1, -0.05) is 0 Å². The van der Waals surface area contributed by atoms with Gasteiger partial charge in [-0.3, -0.25) is 9.36 Å². The van der Waals surface area contributed by atoms with E-state index in [1.54, 1.807) is 17.5 Å². The van der Waals surface area contributed by atoms with Crippen LogP contribution in [0.2, 0.25) is 0 Å². The van der Waals surface area contributed by atoms with Gasteiger partial charge in [0.25, 0.3) is 5.91 Å². The summed E-state index contributed by atoms with van der Waals surface area (Å²) in [6, 6.07) is 2.18. The number of aromatic nitrogens is 2. The molecule has 1 fully saturated rings. The second-order valence-corrected chi connectivity index (χ2v) is 5.97. The number of aryl methyl sites for hydroxylation is 1. The minimum absolute atomic E-state index is 0. The fourth-order valence-corrected chi connectivity index (χ4v) is 3.41. The van der Waals surface area contributed by atoms with Crippen molar-refractivity contribution >= 4 is 42.1 Å². The molecular weight excluding hydrogens is 343 g/mol. The third-order valence-electron chi connectivity index (χ3n) is 3.68. The smallest absolute Gasteiger partial charge is 0.253 e. The van der Waals surface area contributed by atoms with E-state index in [4.69, 9.17) is 0 Å². The average molecular weight is 363 g/mol. The van der Waals surface area contributed by atoms with Gasteiger partial charge in [0.05, 0.1) is 5.56 Å². The number of carbonyl (C=O) groups is 1. The van der Waals surface area contributed by atoms with Crippen molar-refractivity contribution in [3.05, 3.63) is 34.6 Å². The predicted molar refractivity (Wildman–Crippen MR) is 94.2 cm³/mol. The van der Waals surface area contributed by atoms with Gasteiger partial charge in [-0.25, -0.2) is 4.98 Å². The lowest BCUT2D eigenvalue weighted by Gasteiger charge is -2.11. The minimum atomic E-state index is 0. The molecule has 0 radical (unpaired) electrons. The molecule has 1 aliphatic rings. The van der Waals surface area contributed by atoms with Crippen molar-refractivity contribution in [3.8, 4) is 5.13 Å². The Morgan fingerprint density at radius 3 is 2.82 bits per heavy atom. The van der Waals surface area contributed by atoms with Gasteiger partial charge >= 0.3 is 0 Å². The standard InChI is InChI=1S/C14H18N4OS.2ClH/c1-9-7-12(13(19)17-11-3-4-15-8-11)10(2)18(9)14-16-5-6-20-14;;/h5-7,11,15H,3-4,8H2,1-2H3,(H,17,19);2*1H. The first-order chi connectivity index (χ1) is 9.66. The zero-order chi connectivity index (χ0) is 14.1. The molecule has 8 heteroatoms. The van der Waals surface area contributed by atoms with Gasteiger partial charge in [0.15, 0.2) is 5.13 Å². The van der Waals surface area contributed by atoms with Crippen molar-refractivity contribution in [1.29, 1.82) is 0 Å². The number of amides is 1. The molecule has 1 amide bonds. The lowest BCUT2D eigenvalue weighted by Crippen LogP contribution is -2.36. The molecule has 1 saturated heterocycles. The highest BCUT2D eigenvalue weighted by molar-refractivity contribution is 7.12. The summed E-state index contributed by atoms with van der Waals surface area (Å²) in [6.45, 7) is 5.80. The monoisotopic (exact) mass is 362 g/mol. The minimum Gasteiger partial charge on any atom is -0.348 e. The number of hydrogen-bond acceptors (Lipinski definition) is 4. The maximum absolute atomic E-state index is 12.4. The van der Waals surface area contributed by atoms with Crippen LogP contribution in [0.25, 0.3) is 5.13 Å². The fraction of sp³-hybridized carbons (Fsp3) is 0.429. The van der Waals surface area contributed by atoms with E-state index in [1.165, 1.54) is 0 Å². The third-order valence-corrected chi connectivity index (χ3v) is 4.44. The summed E-state index contributed by atoms with van der Waals surface area (Å²) >= 11 is 1.57. The number of carbonyl (C=O) groups excluding carboxylic acids is 1. The van der Waals surface area contributed by atoms with Gasteiger partial charge in [-0.2, -0.15) is 0 Å². The van der Waals surface area contributed by atoms with E-state index in [-0.39, 0.29) is 36.8 Å². The van der Waals surface area contributed by atoms with E-state index in [1.807, 2.05) is 29.9 Å². The average Bonchev–Trinajstić information content (AvgIpc) is 3.11. The van der Waals surface area contributed by atoms with Crippen LogP contribution in [0, 0.1) is 13.8 Å². The topological polar surface area (TPSA) is 59.0 Å². The van der Waals surface area contributed by atoms with Crippen LogP contribution >= 0.6 is 36.2 Å². The Hall–Kier alpha value is -1.08. The summed E-state index contributed by atoms with van der Waals surface area (Å²) < 4.78 is 2.03. The Kier molecular flexibility index (Phi) is 6.87. The molecule has 0 aromatic carbocycles. The summed E-state index contributed by atoms with van der Waals surface area (Å²) in [7, 11) is 0. The molecule has 122 valence electrons. The highest BCUT2D eigenvalue weighted by Gasteiger charge is 2.21. The van der Waals surface area contributed by atoms with Crippen LogP contribution in [0.5, 0.6) is 0 Å². The highest BCUT2D eigenvalue weighted by atomic mass is 35.5. The maximum atomic E-state index is 12.4. The van der Waals surface area contributed by atoms with Gasteiger partial charge in [0.1, 0.15) is 0 Å². The molecule has 1 unspecified atom stereocenters. The van der Waals surface area contributed by atoms with Gasteiger partial charge in [-0.05, 0) is 32.9 Å². The van der Waals surface area contributed by atoms with E-state index in [0.29, 0.717) is 0 Å². The number of rotatable bonds is 3. The Morgan fingerprint density at radius 2 is 2.23 bits per heavy atom. The summed E-state index contributed by atoms with van der Waals surface area (Å²) in [5.74, 6) is 0.00889. The third kappa shape index (κ3) is 3.63. The maximum Gasteiger partial charge on any atom is 0.253 e. The van der Waals surface area contributed by atoms with Crippen molar-refractivity contribution in [3.63, 3.8) is 0 Å². The molecule has 3 heterocycles. The Labute approximate surface area is 146 Å². The number of thiazole rings is 1. The van der Waals surface area contributed by atoms with Crippen molar-refractivity contribution in [1.82, 2.24) is 20.2 Å². The second kappa shape index (κ2) is 7.97. The van der Waals surface area contributed by atoms with E-state index in [9.17, 15) is 4.79 Å². The van der Waals surface area contributed by atoms with Crippen LogP contribution in [-0.4, -0.2) is 34.6 Å². The van der Waals surface area contributed by atoms with E-state index >= 15 is 0 Å². The summed E-state index contributed by atoms with van der Waals surface area (Å²) in [6.07, 6.45) is 2.78. The largest absolute Gasteiger partial charge is 0.348 e. The second-order valence-electron chi connectivity index (χ2n) is 5.10. The number of nitrogens with one attached hydrogen (secondary N) is 2. The first-order valence-electron chi connectivity index (χ1n) is 6.77. The first kappa shape index (κ1) is 19.0. The van der Waals surface area contributed by atoms with Gasteiger partial charge < -0.3 is 10.6 Å². The lowest BCUT2D eigenvalue weighted by atomic mass is 10.2. The summed E-state index contributed by atoms with van der Waals surface area (Å²) in [5, 5.41) is 9.19. The Morgan fingerprint density at radius 1 is 1.45 bits per heavy atom. The molecule has 1 aliphatic heterocycles. The van der Waals surface area contributed by atoms with E-state index < -0.39 is 0 Å². The van der Waals surface area contributed by atoms with Crippen LogP contribution < -0.4 is 10.6 Å². The molecule has 0 aliphatic carbocycles. The SMILES string of the molecule is Cc1cc(C(=O)NC2CCNC2)c(C)n1-c1nccs1.Cl.Cl. The van der Waals surface area contributed by atoms with Gasteiger partial charge in [-0.15, -0.1) is 36.2 Å². The molecule has 5 nitrogen and oxygen atoms in total. The molecule has 2 aromatic rings. The molecular formula is C14H20Cl2N4OS. The molecule has 1 atom stereocenters. The Balaban J connectivity index is 0.00000121. The molecule has 3 rings (SSSR count). The van der Waals surface area contributed by atoms with Crippen molar-refractivity contribution in [2.75, 3.05) is 13.1 Å². The zero-order valence-electron chi connectivity index (χ0n) is 12.5. The van der Waals surface area contributed by atoms with Crippen LogP contribution in [0.15, 0.2) is 17.6 Å². The van der Waals surface area contributed by atoms with Crippen molar-refractivity contribution < 1.29 is 4.79 Å². The molecule has 0 saturated carbocycles. The van der Waals surface area contributed by atoms with Gasteiger partial charge in [0.2, 0.25) is 0 Å². The molecule has 0 bridgehead atoms. The first-order valence-corrected chi connectivity index (χ1v) is 7.65. The molecule has 22 heavy (non-hydrogen) atoms. The van der Waals surface area contributed by atoms with Crippen LogP contribution in [0.1, 0.15) is 28.2 Å². The van der Waals surface area contributed by atoms with Crippen LogP contribution in [0.4, 0.5) is 0 Å². The zero-order valence-corrected chi connectivity index (χ0v) is 14.9. The van der Waals surface area contributed by atoms with E-state index in [0.717, 1.165) is 41.6 Å². The highest BCUT2D eigenvalue weighted by Crippen LogP contribution is 2.22. The summed E-state index contributed by atoms with van der Waals surface area (Å²) in [4.78, 5) is 16.7. The molecule has 2 N–H and O–H groups in total. The predicted octanol–water partition coefficient (Wildman–Crippen LogP) is 2.49. The summed E-state index contributed by atoms with van der Waals surface area (Å²) in [5.41, 5.74) is 2.72. The number of halogens is 2. The Bertz CT molecular complexity index is 621. The number of hydrogen-bond donors (Lipinski definition) is 2. The molecule has 2 aromatic heterocycles. The number of nitrogens with zero attached hydrogens (tertiary/aromatic N) is 2.